The number of aromatic nitrogens is 4. The summed E-state index contributed by atoms with van der Waals surface area (Å²) in [6.07, 6.45) is 3.26. The summed E-state index contributed by atoms with van der Waals surface area (Å²) in [6, 6.07) is 28.7. The van der Waals surface area contributed by atoms with Crippen LogP contribution in [-0.4, -0.2) is 38.0 Å². The van der Waals surface area contributed by atoms with Gasteiger partial charge in [0.15, 0.2) is 0 Å². The minimum absolute atomic E-state index is 0.216. The van der Waals surface area contributed by atoms with Crippen LogP contribution in [0.25, 0.3) is 27.5 Å². The molecule has 0 bridgehead atoms. The summed E-state index contributed by atoms with van der Waals surface area (Å²) < 4.78 is 1.73. The predicted octanol–water partition coefficient (Wildman–Crippen LogP) is 4.15. The van der Waals surface area contributed by atoms with Crippen molar-refractivity contribution in [2.24, 2.45) is 5.10 Å². The molecule has 2 aromatic heterocycles. The van der Waals surface area contributed by atoms with Crippen LogP contribution in [0.1, 0.15) is 5.56 Å². The summed E-state index contributed by atoms with van der Waals surface area (Å²) in [5, 5.41) is 19.9. The molecule has 2 amide bonds. The van der Waals surface area contributed by atoms with E-state index in [0.29, 0.717) is 16.3 Å². The molecule has 2 heterocycles. The second-order valence-electron chi connectivity index (χ2n) is 7.51. The molecule has 0 atom stereocenters. The highest BCUT2D eigenvalue weighted by Crippen LogP contribution is 2.26. The Hall–Kier alpha value is -4.96. The smallest absolute Gasteiger partial charge is 0.292 e. The van der Waals surface area contributed by atoms with Crippen molar-refractivity contribution >= 4 is 34.5 Å². The van der Waals surface area contributed by atoms with Gasteiger partial charge >= 0.3 is 11.8 Å². The van der Waals surface area contributed by atoms with E-state index in [9.17, 15) is 9.59 Å². The van der Waals surface area contributed by atoms with Crippen LogP contribution in [0.4, 0.5) is 5.13 Å². The molecule has 0 aliphatic heterocycles. The Kier molecular flexibility index (Phi) is 6.68. The molecule has 5 aromatic rings. The van der Waals surface area contributed by atoms with Crippen LogP contribution in [0.3, 0.4) is 0 Å². The fourth-order valence-electron chi connectivity index (χ4n) is 3.35. The summed E-state index contributed by atoms with van der Waals surface area (Å²) in [5.41, 5.74) is 6.25. The van der Waals surface area contributed by atoms with Crippen LogP contribution in [0.5, 0.6) is 0 Å². The maximum absolute atomic E-state index is 12.3. The van der Waals surface area contributed by atoms with Crippen LogP contribution >= 0.6 is 11.3 Å². The molecule has 0 saturated heterocycles. The minimum atomic E-state index is -0.931. The molecule has 0 saturated carbocycles. The molecule has 10 heteroatoms. The van der Waals surface area contributed by atoms with Crippen molar-refractivity contribution < 1.29 is 9.59 Å². The molecule has 0 radical (unpaired) electrons. The lowest BCUT2D eigenvalue weighted by Gasteiger charge is -2.00. The third-order valence-corrected chi connectivity index (χ3v) is 5.94. The number of rotatable bonds is 6. The molecular weight excluding hydrogens is 474 g/mol. The Bertz CT molecular complexity index is 1510. The Morgan fingerprint density at radius 2 is 1.44 bits per heavy atom. The van der Waals surface area contributed by atoms with Gasteiger partial charge in [0.05, 0.1) is 11.9 Å². The number of hydrogen-bond donors (Lipinski definition) is 2. The summed E-state index contributed by atoms with van der Waals surface area (Å²) >= 11 is 1.17. The maximum atomic E-state index is 12.3. The van der Waals surface area contributed by atoms with Crippen molar-refractivity contribution in [1.82, 2.24) is 25.4 Å². The second kappa shape index (κ2) is 10.5. The van der Waals surface area contributed by atoms with Gasteiger partial charge in [0.1, 0.15) is 10.7 Å². The number of amides is 2. The molecule has 3 aromatic carbocycles. The fraction of sp³-hybridized carbons (Fsp3) is 0. The van der Waals surface area contributed by atoms with Crippen LogP contribution in [0.2, 0.25) is 0 Å². The number of carbonyl (C=O) groups is 2. The van der Waals surface area contributed by atoms with Gasteiger partial charge in [0, 0.05) is 22.9 Å². The normalized spacial score (nSPS) is 10.9. The average molecular weight is 494 g/mol. The topological polar surface area (TPSA) is 114 Å². The molecule has 36 heavy (non-hydrogen) atoms. The average Bonchev–Trinajstić information content (AvgIpc) is 3.58. The maximum Gasteiger partial charge on any atom is 0.329 e. The zero-order valence-electron chi connectivity index (χ0n) is 18.8. The van der Waals surface area contributed by atoms with Crippen molar-refractivity contribution in [3.8, 4) is 27.5 Å². The Balaban J connectivity index is 1.28. The monoisotopic (exact) mass is 493 g/mol. The quantitative estimate of drug-likeness (QED) is 0.210. The zero-order valence-corrected chi connectivity index (χ0v) is 19.6. The Labute approximate surface area is 210 Å². The zero-order chi connectivity index (χ0) is 24.7. The lowest BCUT2D eigenvalue weighted by Crippen LogP contribution is -2.32. The van der Waals surface area contributed by atoms with Gasteiger partial charge in [0.2, 0.25) is 5.13 Å². The summed E-state index contributed by atoms with van der Waals surface area (Å²) in [4.78, 5) is 24.6. The van der Waals surface area contributed by atoms with E-state index in [2.05, 4.69) is 31.1 Å². The van der Waals surface area contributed by atoms with Gasteiger partial charge < -0.3 is 0 Å². The number of para-hydroxylation sites is 1. The molecule has 0 aliphatic carbocycles. The molecule has 2 N–H and O–H groups in total. The first kappa shape index (κ1) is 22.8. The van der Waals surface area contributed by atoms with Crippen molar-refractivity contribution in [1.29, 1.82) is 0 Å². The SMILES string of the molecule is O=C(N/N=C/c1cn(-c2ccccc2)nc1-c1ccccc1)C(=O)Nc1nnc(-c2ccccc2)s1. The molecule has 0 fully saturated rings. The lowest BCUT2D eigenvalue weighted by atomic mass is 10.1. The van der Waals surface area contributed by atoms with E-state index in [0.717, 1.165) is 16.8 Å². The number of nitrogens with zero attached hydrogens (tertiary/aromatic N) is 5. The van der Waals surface area contributed by atoms with E-state index in [4.69, 9.17) is 0 Å². The number of hydrogen-bond acceptors (Lipinski definition) is 7. The van der Waals surface area contributed by atoms with Crippen LogP contribution in [0, 0.1) is 0 Å². The third-order valence-electron chi connectivity index (χ3n) is 5.05. The van der Waals surface area contributed by atoms with Crippen LogP contribution in [0.15, 0.2) is 102 Å². The molecular formula is C26H19N7O2S. The first-order valence-electron chi connectivity index (χ1n) is 10.9. The molecule has 5 rings (SSSR count). The number of nitrogens with one attached hydrogen (secondary N) is 2. The number of carbonyl (C=O) groups excluding carboxylic acids is 2. The second-order valence-corrected chi connectivity index (χ2v) is 8.49. The van der Waals surface area contributed by atoms with E-state index in [1.807, 2.05) is 91.0 Å². The highest BCUT2D eigenvalue weighted by Gasteiger charge is 2.17. The number of hydrazone groups is 1. The first-order valence-corrected chi connectivity index (χ1v) is 11.7. The summed E-state index contributed by atoms with van der Waals surface area (Å²) in [6.45, 7) is 0. The van der Waals surface area contributed by atoms with Gasteiger partial charge in [-0.15, -0.1) is 10.2 Å². The molecule has 176 valence electrons. The van der Waals surface area contributed by atoms with Crippen molar-refractivity contribution in [2.75, 3.05) is 5.32 Å². The third kappa shape index (κ3) is 5.24. The predicted molar refractivity (Wildman–Crippen MR) is 139 cm³/mol. The standard InChI is InChI=1S/C26H19N7O2S/c34-23(28-26-31-30-25(36-26)19-12-6-2-7-13-19)24(35)29-27-16-20-17-33(21-14-8-3-9-15-21)32-22(20)18-10-4-1-5-11-18/h1-17H,(H,29,35)(H,28,31,34)/b27-16+. The van der Waals surface area contributed by atoms with Crippen LogP contribution < -0.4 is 10.7 Å². The fourth-order valence-corrected chi connectivity index (χ4v) is 4.10. The van der Waals surface area contributed by atoms with E-state index < -0.39 is 11.8 Å². The van der Waals surface area contributed by atoms with Crippen LogP contribution in [-0.2, 0) is 9.59 Å². The molecule has 0 spiro atoms. The van der Waals surface area contributed by atoms with Crippen molar-refractivity contribution in [2.45, 2.75) is 0 Å². The molecule has 9 nitrogen and oxygen atoms in total. The van der Waals surface area contributed by atoms with Gasteiger partial charge in [-0.05, 0) is 12.1 Å². The van der Waals surface area contributed by atoms with Gasteiger partial charge in [-0.1, -0.05) is 90.2 Å². The number of anilines is 1. The van der Waals surface area contributed by atoms with Gasteiger partial charge in [-0.3, -0.25) is 14.9 Å². The van der Waals surface area contributed by atoms with E-state index >= 15 is 0 Å². The van der Waals surface area contributed by atoms with E-state index in [-0.39, 0.29) is 5.13 Å². The summed E-state index contributed by atoms with van der Waals surface area (Å²) in [7, 11) is 0. The van der Waals surface area contributed by atoms with Crippen molar-refractivity contribution in [3.05, 3.63) is 103 Å². The highest BCUT2D eigenvalue weighted by molar-refractivity contribution is 7.18. The first-order chi connectivity index (χ1) is 17.7. The lowest BCUT2D eigenvalue weighted by molar-refractivity contribution is -0.136. The molecule has 0 aliphatic rings. The number of benzene rings is 3. The Morgan fingerprint density at radius 1 is 0.806 bits per heavy atom. The minimum Gasteiger partial charge on any atom is -0.292 e. The van der Waals surface area contributed by atoms with Crippen molar-refractivity contribution in [3.63, 3.8) is 0 Å². The summed E-state index contributed by atoms with van der Waals surface area (Å²) in [5.74, 6) is -1.83. The van der Waals surface area contributed by atoms with Gasteiger partial charge in [-0.25, -0.2) is 10.1 Å². The Morgan fingerprint density at radius 3 is 2.14 bits per heavy atom. The van der Waals surface area contributed by atoms with Gasteiger partial charge in [0.25, 0.3) is 0 Å². The van der Waals surface area contributed by atoms with Gasteiger partial charge in [-0.2, -0.15) is 10.2 Å². The van der Waals surface area contributed by atoms with E-state index in [1.165, 1.54) is 17.6 Å². The van der Waals surface area contributed by atoms with E-state index in [1.54, 1.807) is 10.9 Å². The highest BCUT2D eigenvalue weighted by atomic mass is 32.1. The largest absolute Gasteiger partial charge is 0.329 e. The molecule has 0 unspecified atom stereocenters.